The number of hydrogen-bond acceptors (Lipinski definition) is 2. The molecular weight excluding hydrogens is 258 g/mol. The van der Waals surface area contributed by atoms with Gasteiger partial charge in [0, 0.05) is 30.8 Å². The van der Waals surface area contributed by atoms with Crippen LogP contribution in [0, 0.1) is 0 Å². The number of halogens is 1. The van der Waals surface area contributed by atoms with Gasteiger partial charge in [-0.15, -0.1) is 0 Å². The molecule has 4 heteroatoms. The summed E-state index contributed by atoms with van der Waals surface area (Å²) in [6, 6.07) is 3.76. The molecule has 0 aromatic carbocycles. The van der Waals surface area contributed by atoms with Gasteiger partial charge in [0.2, 0.25) is 5.91 Å². The Kier molecular flexibility index (Phi) is 3.46. The molecule has 1 unspecified atom stereocenters. The molecule has 0 saturated carbocycles. The second kappa shape index (κ2) is 4.84. The van der Waals surface area contributed by atoms with Crippen molar-refractivity contribution in [2.75, 3.05) is 13.1 Å². The van der Waals surface area contributed by atoms with Gasteiger partial charge in [-0.25, -0.2) is 0 Å². The molecule has 0 N–H and O–H groups in total. The molecule has 0 spiro atoms. The van der Waals surface area contributed by atoms with Gasteiger partial charge in [-0.1, -0.05) is 15.9 Å². The highest BCUT2D eigenvalue weighted by Crippen LogP contribution is 2.17. The fourth-order valence-corrected chi connectivity index (χ4v) is 2.34. The second-order valence-corrected chi connectivity index (χ2v) is 5.10. The Balaban J connectivity index is 1.78. The molecule has 2 rings (SSSR count). The number of rotatable bonds is 3. The van der Waals surface area contributed by atoms with E-state index in [2.05, 4.69) is 15.9 Å². The molecule has 1 amide bonds. The topological polar surface area (TPSA) is 33.5 Å². The largest absolute Gasteiger partial charge is 0.469 e. The molecule has 1 fully saturated rings. The number of likely N-dealkylation sites (tertiary alicyclic amines) is 1. The molecule has 1 aliphatic heterocycles. The summed E-state index contributed by atoms with van der Waals surface area (Å²) in [6.07, 6.45) is 3.96. The Morgan fingerprint density at radius 2 is 2.53 bits per heavy atom. The molecule has 1 aliphatic rings. The van der Waals surface area contributed by atoms with Crippen molar-refractivity contribution in [1.29, 1.82) is 0 Å². The molecule has 1 aromatic heterocycles. The summed E-state index contributed by atoms with van der Waals surface area (Å²) in [7, 11) is 0. The third-order valence-corrected chi connectivity index (χ3v) is 3.40. The maximum Gasteiger partial charge on any atom is 0.223 e. The maximum absolute atomic E-state index is 11.7. The average Bonchev–Trinajstić information content (AvgIpc) is 2.84. The molecule has 82 valence electrons. The Bertz CT molecular complexity index is 323. The predicted molar refractivity (Wildman–Crippen MR) is 60.9 cm³/mol. The zero-order valence-electron chi connectivity index (χ0n) is 8.49. The first-order valence-corrected chi connectivity index (χ1v) is 6.11. The maximum atomic E-state index is 11.7. The van der Waals surface area contributed by atoms with E-state index in [1.807, 2.05) is 17.0 Å². The van der Waals surface area contributed by atoms with Crippen LogP contribution in [0.15, 0.2) is 22.8 Å². The molecule has 1 atom stereocenters. The Labute approximate surface area is 97.6 Å². The van der Waals surface area contributed by atoms with Crippen LogP contribution in [-0.4, -0.2) is 28.7 Å². The Morgan fingerprint density at radius 3 is 3.13 bits per heavy atom. The lowest BCUT2D eigenvalue weighted by molar-refractivity contribution is -0.130. The van der Waals surface area contributed by atoms with E-state index in [1.165, 1.54) is 0 Å². The predicted octanol–water partition coefficient (Wildman–Crippen LogP) is 2.21. The summed E-state index contributed by atoms with van der Waals surface area (Å²) in [5.41, 5.74) is 0. The van der Waals surface area contributed by atoms with Crippen molar-refractivity contribution < 1.29 is 9.21 Å². The quantitative estimate of drug-likeness (QED) is 0.790. The molecular formula is C11H14BrNO2. The van der Waals surface area contributed by atoms with Crippen LogP contribution in [0.25, 0.3) is 0 Å². The highest BCUT2D eigenvalue weighted by molar-refractivity contribution is 9.09. The smallest absolute Gasteiger partial charge is 0.223 e. The van der Waals surface area contributed by atoms with E-state index in [-0.39, 0.29) is 5.91 Å². The first-order valence-electron chi connectivity index (χ1n) is 5.20. The van der Waals surface area contributed by atoms with Crippen LogP contribution >= 0.6 is 15.9 Å². The summed E-state index contributed by atoms with van der Waals surface area (Å²) >= 11 is 3.52. The van der Waals surface area contributed by atoms with Crippen LogP contribution in [0.2, 0.25) is 0 Å². The lowest BCUT2D eigenvalue weighted by Gasteiger charge is -2.14. The Hall–Kier alpha value is -0.770. The van der Waals surface area contributed by atoms with Gasteiger partial charge in [0.25, 0.3) is 0 Å². The van der Waals surface area contributed by atoms with Crippen LogP contribution in [0.3, 0.4) is 0 Å². The van der Waals surface area contributed by atoms with Gasteiger partial charge in [-0.05, 0) is 18.6 Å². The third-order valence-electron chi connectivity index (χ3n) is 2.65. The van der Waals surface area contributed by atoms with Crippen molar-refractivity contribution in [1.82, 2.24) is 4.90 Å². The van der Waals surface area contributed by atoms with Crippen molar-refractivity contribution in [3.8, 4) is 0 Å². The molecule has 1 saturated heterocycles. The van der Waals surface area contributed by atoms with E-state index in [0.717, 1.165) is 25.3 Å². The first-order chi connectivity index (χ1) is 7.25. The molecule has 1 aromatic rings. The number of carbonyl (C=O) groups is 1. The summed E-state index contributed by atoms with van der Waals surface area (Å²) in [6.45, 7) is 1.73. The van der Waals surface area contributed by atoms with Crippen molar-refractivity contribution >= 4 is 21.8 Å². The normalized spacial score (nSPS) is 20.9. The number of nitrogens with zero attached hydrogens (tertiary/aromatic N) is 1. The molecule has 3 nitrogen and oxygen atoms in total. The lowest BCUT2D eigenvalue weighted by Crippen LogP contribution is -2.28. The minimum atomic E-state index is 0.230. The van der Waals surface area contributed by atoms with Crippen molar-refractivity contribution in [2.45, 2.75) is 24.1 Å². The third kappa shape index (κ3) is 2.84. The van der Waals surface area contributed by atoms with E-state index in [1.54, 1.807) is 6.26 Å². The van der Waals surface area contributed by atoms with Crippen LogP contribution < -0.4 is 0 Å². The van der Waals surface area contributed by atoms with E-state index in [4.69, 9.17) is 4.42 Å². The minimum absolute atomic E-state index is 0.230. The van der Waals surface area contributed by atoms with E-state index >= 15 is 0 Å². The van der Waals surface area contributed by atoms with Gasteiger partial charge in [0.05, 0.1) is 6.26 Å². The van der Waals surface area contributed by atoms with Crippen molar-refractivity contribution in [3.05, 3.63) is 24.2 Å². The molecule has 0 bridgehead atoms. The highest BCUT2D eigenvalue weighted by atomic mass is 79.9. The van der Waals surface area contributed by atoms with Gasteiger partial charge in [0.1, 0.15) is 5.76 Å². The first kappa shape index (κ1) is 10.7. The number of furan rings is 1. The number of aryl methyl sites for hydroxylation is 1. The fourth-order valence-electron chi connectivity index (χ4n) is 1.79. The summed E-state index contributed by atoms with van der Waals surface area (Å²) in [5, 5.41) is 0. The van der Waals surface area contributed by atoms with Crippen LogP contribution in [0.5, 0.6) is 0 Å². The van der Waals surface area contributed by atoms with Gasteiger partial charge in [0.15, 0.2) is 0 Å². The van der Waals surface area contributed by atoms with Gasteiger partial charge < -0.3 is 9.32 Å². The lowest BCUT2D eigenvalue weighted by atomic mass is 10.2. The number of carbonyl (C=O) groups excluding carboxylic acids is 1. The van der Waals surface area contributed by atoms with Crippen molar-refractivity contribution in [3.63, 3.8) is 0 Å². The number of hydrogen-bond donors (Lipinski definition) is 0. The zero-order valence-corrected chi connectivity index (χ0v) is 10.1. The average molecular weight is 272 g/mol. The van der Waals surface area contributed by atoms with E-state index in [0.29, 0.717) is 17.7 Å². The molecule has 2 heterocycles. The van der Waals surface area contributed by atoms with Gasteiger partial charge in [-0.3, -0.25) is 4.79 Å². The zero-order chi connectivity index (χ0) is 10.7. The summed E-state index contributed by atoms with van der Waals surface area (Å²) < 4.78 is 5.19. The number of amides is 1. The van der Waals surface area contributed by atoms with Gasteiger partial charge >= 0.3 is 0 Å². The van der Waals surface area contributed by atoms with E-state index in [9.17, 15) is 4.79 Å². The summed E-state index contributed by atoms with van der Waals surface area (Å²) in [5.74, 6) is 1.12. The van der Waals surface area contributed by atoms with Crippen molar-refractivity contribution in [2.24, 2.45) is 0 Å². The monoisotopic (exact) mass is 271 g/mol. The molecule has 15 heavy (non-hydrogen) atoms. The number of alkyl halides is 1. The fraction of sp³-hybridized carbons (Fsp3) is 0.545. The molecule has 0 aliphatic carbocycles. The minimum Gasteiger partial charge on any atom is -0.469 e. The highest BCUT2D eigenvalue weighted by Gasteiger charge is 2.23. The SMILES string of the molecule is O=C(CCc1ccco1)N1CCC(Br)C1. The van der Waals surface area contributed by atoms with Crippen LogP contribution in [0.1, 0.15) is 18.6 Å². The Morgan fingerprint density at radius 1 is 1.67 bits per heavy atom. The van der Waals surface area contributed by atoms with E-state index < -0.39 is 0 Å². The second-order valence-electron chi connectivity index (χ2n) is 3.81. The van der Waals surface area contributed by atoms with Crippen LogP contribution in [0.4, 0.5) is 0 Å². The summed E-state index contributed by atoms with van der Waals surface area (Å²) in [4.78, 5) is 14.1. The van der Waals surface area contributed by atoms with Gasteiger partial charge in [-0.2, -0.15) is 0 Å². The standard InChI is InChI=1S/C11H14BrNO2/c12-9-5-6-13(8-9)11(14)4-3-10-2-1-7-15-10/h1-2,7,9H,3-6,8H2. The molecule has 0 radical (unpaired) electrons. The van der Waals surface area contributed by atoms with Crippen LogP contribution in [-0.2, 0) is 11.2 Å².